The summed E-state index contributed by atoms with van der Waals surface area (Å²) in [5.41, 5.74) is 0.718. The zero-order chi connectivity index (χ0) is 11.5. The molecular weight excluding hydrogens is 206 g/mol. The number of likely N-dealkylation sites (tertiary alicyclic amines) is 1. The first-order valence-corrected chi connectivity index (χ1v) is 5.17. The summed E-state index contributed by atoms with van der Waals surface area (Å²) in [6.07, 6.45) is 0.648. The van der Waals surface area contributed by atoms with Crippen molar-refractivity contribution in [2.75, 3.05) is 12.4 Å². The molecule has 0 aromatic carbocycles. The molecule has 5 heteroatoms. The highest BCUT2D eigenvalue weighted by molar-refractivity contribution is 6.01. The van der Waals surface area contributed by atoms with Crippen LogP contribution < -0.4 is 5.32 Å². The highest BCUT2D eigenvalue weighted by atomic mass is 16.2. The van der Waals surface area contributed by atoms with Crippen LogP contribution in [-0.2, 0) is 16.1 Å². The van der Waals surface area contributed by atoms with E-state index in [9.17, 15) is 9.59 Å². The highest BCUT2D eigenvalue weighted by Crippen LogP contribution is 2.15. The van der Waals surface area contributed by atoms with Crippen LogP contribution in [0.4, 0.5) is 5.82 Å². The fourth-order valence-corrected chi connectivity index (χ4v) is 1.67. The highest BCUT2D eigenvalue weighted by Gasteiger charge is 2.28. The number of aromatic nitrogens is 1. The van der Waals surface area contributed by atoms with E-state index in [0.29, 0.717) is 12.8 Å². The second-order valence-corrected chi connectivity index (χ2v) is 3.64. The quantitative estimate of drug-likeness (QED) is 0.763. The predicted octanol–water partition coefficient (Wildman–Crippen LogP) is 0.772. The molecule has 2 amide bonds. The molecule has 1 N–H and O–H groups in total. The second-order valence-electron chi connectivity index (χ2n) is 3.64. The van der Waals surface area contributed by atoms with E-state index in [1.165, 1.54) is 4.90 Å². The molecule has 0 radical (unpaired) electrons. The number of carbonyl (C=O) groups excluding carboxylic acids is 2. The number of hydrogen-bond acceptors (Lipinski definition) is 4. The molecule has 84 valence electrons. The zero-order valence-electron chi connectivity index (χ0n) is 9.06. The van der Waals surface area contributed by atoms with Crippen molar-refractivity contribution in [1.29, 1.82) is 0 Å². The van der Waals surface area contributed by atoms with Crippen molar-refractivity contribution < 1.29 is 9.59 Å². The number of anilines is 1. The molecule has 1 aliphatic heterocycles. The lowest BCUT2D eigenvalue weighted by atomic mass is 10.3. The molecule has 1 fully saturated rings. The monoisotopic (exact) mass is 219 g/mol. The van der Waals surface area contributed by atoms with Crippen LogP contribution in [0.3, 0.4) is 0 Å². The first-order chi connectivity index (χ1) is 7.70. The summed E-state index contributed by atoms with van der Waals surface area (Å²) in [6, 6.07) is 5.48. The van der Waals surface area contributed by atoms with E-state index in [1.54, 1.807) is 13.1 Å². The number of hydrogen-bond donors (Lipinski definition) is 1. The number of amides is 2. The predicted molar refractivity (Wildman–Crippen MR) is 58.6 cm³/mol. The van der Waals surface area contributed by atoms with Gasteiger partial charge in [0.05, 0.1) is 12.2 Å². The van der Waals surface area contributed by atoms with Crippen molar-refractivity contribution in [3.05, 3.63) is 23.9 Å². The molecule has 0 saturated carbocycles. The Morgan fingerprint density at radius 2 is 2.00 bits per heavy atom. The van der Waals surface area contributed by atoms with E-state index in [4.69, 9.17) is 0 Å². The van der Waals surface area contributed by atoms with Gasteiger partial charge in [-0.3, -0.25) is 14.5 Å². The lowest BCUT2D eigenvalue weighted by Gasteiger charge is -2.13. The van der Waals surface area contributed by atoms with Gasteiger partial charge in [-0.2, -0.15) is 0 Å². The van der Waals surface area contributed by atoms with E-state index in [0.717, 1.165) is 11.5 Å². The number of nitrogens with zero attached hydrogens (tertiary/aromatic N) is 2. The Kier molecular flexibility index (Phi) is 2.85. The van der Waals surface area contributed by atoms with Crippen LogP contribution in [0.1, 0.15) is 18.5 Å². The molecule has 1 saturated heterocycles. The Bertz CT molecular complexity index is 415. The lowest BCUT2D eigenvalue weighted by molar-refractivity contribution is -0.139. The minimum absolute atomic E-state index is 0.110. The van der Waals surface area contributed by atoms with Gasteiger partial charge in [0.2, 0.25) is 11.8 Å². The molecule has 1 aromatic heterocycles. The van der Waals surface area contributed by atoms with E-state index < -0.39 is 0 Å². The minimum Gasteiger partial charge on any atom is -0.373 e. The standard InChI is InChI=1S/C11H13N3O2/c1-12-9-4-2-3-8(13-9)7-14-10(15)5-6-11(14)16/h2-4H,5-7H2,1H3,(H,12,13). The van der Waals surface area contributed by atoms with E-state index in [1.807, 2.05) is 12.1 Å². The average molecular weight is 219 g/mol. The van der Waals surface area contributed by atoms with Gasteiger partial charge >= 0.3 is 0 Å². The fourth-order valence-electron chi connectivity index (χ4n) is 1.67. The lowest BCUT2D eigenvalue weighted by Crippen LogP contribution is -2.28. The van der Waals surface area contributed by atoms with Crippen molar-refractivity contribution >= 4 is 17.6 Å². The molecule has 0 bridgehead atoms. The zero-order valence-corrected chi connectivity index (χ0v) is 9.06. The average Bonchev–Trinajstić information content (AvgIpc) is 2.61. The van der Waals surface area contributed by atoms with Crippen molar-refractivity contribution in [1.82, 2.24) is 9.88 Å². The molecule has 2 heterocycles. The first kappa shape index (κ1) is 10.6. The summed E-state index contributed by atoms with van der Waals surface area (Å²) in [5.74, 6) is 0.514. The van der Waals surface area contributed by atoms with E-state index in [2.05, 4.69) is 10.3 Å². The number of pyridine rings is 1. The van der Waals surface area contributed by atoms with E-state index >= 15 is 0 Å². The summed E-state index contributed by atoms with van der Waals surface area (Å²) in [7, 11) is 1.78. The van der Waals surface area contributed by atoms with Gasteiger partial charge < -0.3 is 5.32 Å². The Morgan fingerprint density at radius 3 is 2.62 bits per heavy atom. The van der Waals surface area contributed by atoms with Crippen molar-refractivity contribution in [3.63, 3.8) is 0 Å². The van der Waals surface area contributed by atoms with Crippen LogP contribution >= 0.6 is 0 Å². The van der Waals surface area contributed by atoms with Gasteiger partial charge in [-0.05, 0) is 12.1 Å². The molecule has 0 spiro atoms. The fraction of sp³-hybridized carbons (Fsp3) is 0.364. The molecule has 0 unspecified atom stereocenters. The Balaban J connectivity index is 2.14. The Morgan fingerprint density at radius 1 is 1.31 bits per heavy atom. The van der Waals surface area contributed by atoms with Crippen LogP contribution in [-0.4, -0.2) is 28.7 Å². The van der Waals surface area contributed by atoms with Gasteiger partial charge in [0.25, 0.3) is 0 Å². The number of nitrogens with one attached hydrogen (secondary N) is 1. The van der Waals surface area contributed by atoms with Gasteiger partial charge in [-0.25, -0.2) is 4.98 Å². The van der Waals surface area contributed by atoms with Crippen molar-refractivity contribution in [3.8, 4) is 0 Å². The van der Waals surface area contributed by atoms with Crippen LogP contribution in [0.15, 0.2) is 18.2 Å². The molecule has 1 aliphatic rings. The third kappa shape index (κ3) is 2.03. The SMILES string of the molecule is CNc1cccc(CN2C(=O)CCC2=O)n1. The van der Waals surface area contributed by atoms with Crippen molar-refractivity contribution in [2.45, 2.75) is 19.4 Å². The van der Waals surface area contributed by atoms with Gasteiger partial charge in [0, 0.05) is 19.9 Å². The van der Waals surface area contributed by atoms with Crippen LogP contribution in [0, 0.1) is 0 Å². The molecule has 0 aliphatic carbocycles. The minimum atomic E-state index is -0.110. The Hall–Kier alpha value is -1.91. The maximum absolute atomic E-state index is 11.4. The Labute approximate surface area is 93.5 Å². The number of rotatable bonds is 3. The summed E-state index contributed by atoms with van der Waals surface area (Å²) >= 11 is 0. The summed E-state index contributed by atoms with van der Waals surface area (Å²) in [6.45, 7) is 0.271. The smallest absolute Gasteiger partial charge is 0.230 e. The third-order valence-corrected chi connectivity index (χ3v) is 2.54. The maximum atomic E-state index is 11.4. The second kappa shape index (κ2) is 4.30. The maximum Gasteiger partial charge on any atom is 0.230 e. The van der Waals surface area contributed by atoms with Gasteiger partial charge in [0.15, 0.2) is 0 Å². The van der Waals surface area contributed by atoms with Crippen LogP contribution in [0.25, 0.3) is 0 Å². The topological polar surface area (TPSA) is 62.3 Å². The molecule has 2 rings (SSSR count). The molecule has 0 atom stereocenters. The molecular formula is C11H13N3O2. The van der Waals surface area contributed by atoms with Crippen molar-refractivity contribution in [2.24, 2.45) is 0 Å². The summed E-state index contributed by atoms with van der Waals surface area (Å²) < 4.78 is 0. The van der Waals surface area contributed by atoms with Crippen LogP contribution in [0.5, 0.6) is 0 Å². The first-order valence-electron chi connectivity index (χ1n) is 5.17. The number of imide groups is 1. The van der Waals surface area contributed by atoms with Gasteiger partial charge in [-0.15, -0.1) is 0 Å². The normalized spacial score (nSPS) is 15.7. The molecule has 16 heavy (non-hydrogen) atoms. The molecule has 5 nitrogen and oxygen atoms in total. The summed E-state index contributed by atoms with van der Waals surface area (Å²) in [5, 5.41) is 2.92. The largest absolute Gasteiger partial charge is 0.373 e. The molecule has 1 aromatic rings. The third-order valence-electron chi connectivity index (χ3n) is 2.54. The number of carbonyl (C=O) groups is 2. The van der Waals surface area contributed by atoms with Crippen LogP contribution in [0.2, 0.25) is 0 Å². The summed E-state index contributed by atoms with van der Waals surface area (Å²) in [4.78, 5) is 28.3. The van der Waals surface area contributed by atoms with Gasteiger partial charge in [-0.1, -0.05) is 6.07 Å². The van der Waals surface area contributed by atoms with Gasteiger partial charge in [0.1, 0.15) is 5.82 Å². The van der Waals surface area contributed by atoms with E-state index in [-0.39, 0.29) is 18.4 Å².